The molecule has 1 aliphatic heterocycles. The standard InChI is InChI=1S/C22H21F2N5O/c1-13-9-26-10-16(27-13)6-14-11-29(12-14)22(30)8-21-19(25)4-5-20(28-21)17-3-2-15(23)7-18(17)24/h2-5,7,9-10,14H,6,8,11-12,25H2,1H3. The number of carbonyl (C=O) groups is 1. The molecule has 0 radical (unpaired) electrons. The van der Waals surface area contributed by atoms with Crippen LogP contribution in [0.25, 0.3) is 11.3 Å². The molecule has 8 heteroatoms. The first-order valence-corrected chi connectivity index (χ1v) is 9.65. The van der Waals surface area contributed by atoms with Crippen molar-refractivity contribution in [2.75, 3.05) is 18.8 Å². The average molecular weight is 409 g/mol. The molecule has 0 bridgehead atoms. The number of aromatic nitrogens is 3. The molecule has 1 aliphatic rings. The lowest BCUT2D eigenvalue weighted by atomic mass is 9.94. The van der Waals surface area contributed by atoms with Crippen LogP contribution in [0.2, 0.25) is 0 Å². The van der Waals surface area contributed by atoms with Crippen LogP contribution < -0.4 is 5.73 Å². The van der Waals surface area contributed by atoms with Crippen molar-refractivity contribution in [3.8, 4) is 11.3 Å². The van der Waals surface area contributed by atoms with Gasteiger partial charge in [0.1, 0.15) is 11.6 Å². The molecule has 0 atom stereocenters. The minimum absolute atomic E-state index is 0.0272. The zero-order valence-corrected chi connectivity index (χ0v) is 16.5. The topological polar surface area (TPSA) is 85.0 Å². The van der Waals surface area contributed by atoms with Gasteiger partial charge in [0, 0.05) is 37.1 Å². The van der Waals surface area contributed by atoms with Crippen molar-refractivity contribution in [2.24, 2.45) is 5.92 Å². The van der Waals surface area contributed by atoms with Crippen LogP contribution in [0.15, 0.2) is 42.7 Å². The fraction of sp³-hybridized carbons (Fsp3) is 0.273. The highest BCUT2D eigenvalue weighted by Crippen LogP contribution is 2.25. The van der Waals surface area contributed by atoms with E-state index in [0.717, 1.165) is 23.9 Å². The molecule has 30 heavy (non-hydrogen) atoms. The number of rotatable bonds is 5. The third-order valence-corrected chi connectivity index (χ3v) is 5.15. The molecule has 2 aromatic heterocycles. The van der Waals surface area contributed by atoms with Gasteiger partial charge in [-0.25, -0.2) is 8.78 Å². The van der Waals surface area contributed by atoms with E-state index in [9.17, 15) is 13.6 Å². The number of pyridine rings is 1. The molecular weight excluding hydrogens is 388 g/mol. The molecule has 3 aromatic rings. The van der Waals surface area contributed by atoms with Gasteiger partial charge in [0.25, 0.3) is 0 Å². The Morgan fingerprint density at radius 3 is 2.70 bits per heavy atom. The highest BCUT2D eigenvalue weighted by molar-refractivity contribution is 5.81. The van der Waals surface area contributed by atoms with Crippen LogP contribution in [0, 0.1) is 24.5 Å². The summed E-state index contributed by atoms with van der Waals surface area (Å²) in [5.74, 6) is -1.12. The van der Waals surface area contributed by atoms with E-state index < -0.39 is 11.6 Å². The van der Waals surface area contributed by atoms with E-state index in [4.69, 9.17) is 5.73 Å². The summed E-state index contributed by atoms with van der Waals surface area (Å²) in [6.07, 6.45) is 4.27. The van der Waals surface area contributed by atoms with Crippen molar-refractivity contribution < 1.29 is 13.6 Å². The Morgan fingerprint density at radius 1 is 1.17 bits per heavy atom. The summed E-state index contributed by atoms with van der Waals surface area (Å²) in [5.41, 5.74) is 8.99. The molecule has 154 valence electrons. The molecule has 0 spiro atoms. The quantitative estimate of drug-likeness (QED) is 0.700. The van der Waals surface area contributed by atoms with Gasteiger partial charge in [-0.15, -0.1) is 0 Å². The smallest absolute Gasteiger partial charge is 0.228 e. The maximum atomic E-state index is 14.1. The van der Waals surface area contributed by atoms with Crippen molar-refractivity contribution in [1.82, 2.24) is 19.9 Å². The summed E-state index contributed by atoms with van der Waals surface area (Å²) in [7, 11) is 0. The zero-order chi connectivity index (χ0) is 21.3. The van der Waals surface area contributed by atoms with Crippen LogP contribution >= 0.6 is 0 Å². The number of likely N-dealkylation sites (tertiary alicyclic amines) is 1. The van der Waals surface area contributed by atoms with Crippen molar-refractivity contribution in [3.05, 3.63) is 71.4 Å². The SMILES string of the molecule is Cc1cncc(CC2CN(C(=O)Cc3nc(-c4ccc(F)cc4F)ccc3N)C2)n1. The number of hydrogen-bond acceptors (Lipinski definition) is 5. The highest BCUT2D eigenvalue weighted by atomic mass is 19.1. The van der Waals surface area contributed by atoms with E-state index >= 15 is 0 Å². The molecule has 1 amide bonds. The number of hydrogen-bond donors (Lipinski definition) is 1. The lowest BCUT2D eigenvalue weighted by Crippen LogP contribution is -2.51. The van der Waals surface area contributed by atoms with E-state index in [1.165, 1.54) is 12.1 Å². The second-order valence-electron chi connectivity index (χ2n) is 7.55. The predicted octanol–water partition coefficient (Wildman–Crippen LogP) is 2.95. The molecule has 0 aliphatic carbocycles. The number of nitrogens with zero attached hydrogens (tertiary/aromatic N) is 4. The van der Waals surface area contributed by atoms with Crippen LogP contribution in [0.1, 0.15) is 17.1 Å². The zero-order valence-electron chi connectivity index (χ0n) is 16.5. The number of anilines is 1. The van der Waals surface area contributed by atoms with Crippen LogP contribution in [0.5, 0.6) is 0 Å². The van der Waals surface area contributed by atoms with Crippen LogP contribution in [0.4, 0.5) is 14.5 Å². The van der Waals surface area contributed by atoms with E-state index in [-0.39, 0.29) is 17.9 Å². The summed E-state index contributed by atoms with van der Waals surface area (Å²) in [4.78, 5) is 27.3. The van der Waals surface area contributed by atoms with Gasteiger partial charge in [0.15, 0.2) is 0 Å². The third kappa shape index (κ3) is 4.27. The molecule has 0 unspecified atom stereocenters. The number of benzene rings is 1. The van der Waals surface area contributed by atoms with Crippen molar-refractivity contribution in [3.63, 3.8) is 0 Å². The maximum absolute atomic E-state index is 14.1. The predicted molar refractivity (Wildman–Crippen MR) is 108 cm³/mol. The average Bonchev–Trinajstić information content (AvgIpc) is 2.66. The van der Waals surface area contributed by atoms with Gasteiger partial charge in [-0.1, -0.05) is 0 Å². The largest absolute Gasteiger partial charge is 0.397 e. The van der Waals surface area contributed by atoms with Gasteiger partial charge in [0.2, 0.25) is 5.91 Å². The van der Waals surface area contributed by atoms with Gasteiger partial charge in [-0.2, -0.15) is 0 Å². The Balaban J connectivity index is 1.40. The Labute approximate surface area is 172 Å². The minimum atomic E-state index is -0.714. The molecule has 1 fully saturated rings. The van der Waals surface area contributed by atoms with E-state index in [1.54, 1.807) is 29.4 Å². The first-order valence-electron chi connectivity index (χ1n) is 9.65. The minimum Gasteiger partial charge on any atom is -0.397 e. The van der Waals surface area contributed by atoms with E-state index in [1.807, 2.05) is 6.92 Å². The van der Waals surface area contributed by atoms with Crippen LogP contribution in [-0.4, -0.2) is 38.8 Å². The molecule has 6 nitrogen and oxygen atoms in total. The third-order valence-electron chi connectivity index (χ3n) is 5.15. The van der Waals surface area contributed by atoms with Crippen LogP contribution in [0.3, 0.4) is 0 Å². The number of aryl methyl sites for hydroxylation is 1. The number of nitrogen functional groups attached to an aromatic ring is 1. The summed E-state index contributed by atoms with van der Waals surface area (Å²) in [6.45, 7) is 3.18. The van der Waals surface area contributed by atoms with Gasteiger partial charge in [-0.05, 0) is 43.5 Å². The fourth-order valence-corrected chi connectivity index (χ4v) is 3.57. The first-order chi connectivity index (χ1) is 14.4. The van der Waals surface area contributed by atoms with Gasteiger partial charge < -0.3 is 10.6 Å². The number of amides is 1. The summed E-state index contributed by atoms with van der Waals surface area (Å²) >= 11 is 0. The molecule has 1 aromatic carbocycles. The van der Waals surface area contributed by atoms with Crippen molar-refractivity contribution in [1.29, 1.82) is 0 Å². The summed E-state index contributed by atoms with van der Waals surface area (Å²) < 4.78 is 27.2. The van der Waals surface area contributed by atoms with E-state index in [2.05, 4.69) is 15.0 Å². The molecule has 3 heterocycles. The Hall–Kier alpha value is -3.42. The number of carbonyl (C=O) groups excluding carboxylic acids is 1. The molecule has 2 N–H and O–H groups in total. The second kappa shape index (κ2) is 8.14. The van der Waals surface area contributed by atoms with Gasteiger partial charge in [0.05, 0.1) is 34.9 Å². The van der Waals surface area contributed by atoms with E-state index in [0.29, 0.717) is 36.1 Å². The molecule has 0 saturated carbocycles. The number of nitrogens with two attached hydrogens (primary N) is 1. The summed E-state index contributed by atoms with van der Waals surface area (Å²) in [5, 5.41) is 0. The Bertz CT molecular complexity index is 1100. The van der Waals surface area contributed by atoms with Gasteiger partial charge >= 0.3 is 0 Å². The maximum Gasteiger partial charge on any atom is 0.228 e. The van der Waals surface area contributed by atoms with Crippen molar-refractivity contribution >= 4 is 11.6 Å². The fourth-order valence-electron chi connectivity index (χ4n) is 3.57. The Morgan fingerprint density at radius 2 is 1.97 bits per heavy atom. The first kappa shape index (κ1) is 19.9. The normalized spacial score (nSPS) is 13.9. The number of halogens is 2. The van der Waals surface area contributed by atoms with Crippen molar-refractivity contribution in [2.45, 2.75) is 19.8 Å². The lowest BCUT2D eigenvalue weighted by molar-refractivity contribution is -0.136. The molecular formula is C22H21F2N5O. The second-order valence-corrected chi connectivity index (χ2v) is 7.55. The van der Waals surface area contributed by atoms with Gasteiger partial charge in [-0.3, -0.25) is 19.7 Å². The van der Waals surface area contributed by atoms with Crippen LogP contribution in [-0.2, 0) is 17.6 Å². The Kier molecular flexibility index (Phi) is 5.39. The monoisotopic (exact) mass is 409 g/mol. The molecule has 1 saturated heterocycles. The molecule has 4 rings (SSSR count). The summed E-state index contributed by atoms with van der Waals surface area (Å²) in [6, 6.07) is 6.44. The highest BCUT2D eigenvalue weighted by Gasteiger charge is 2.31. The lowest BCUT2D eigenvalue weighted by Gasteiger charge is -2.39.